The molecule has 0 aliphatic carbocycles. The fraction of sp³-hybridized carbons (Fsp3) is 0.0769. The Morgan fingerprint density at radius 2 is 1.94 bits per heavy atom. The Bertz CT molecular complexity index is 616. The number of hydrogen-bond donors (Lipinski definition) is 0. The molecule has 0 spiro atoms. The van der Waals surface area contributed by atoms with E-state index < -0.39 is 5.92 Å². The van der Waals surface area contributed by atoms with Crippen LogP contribution in [0.4, 0.5) is 0 Å². The molecule has 0 fully saturated rings. The maximum atomic E-state index is 12.3. The van der Waals surface area contributed by atoms with Gasteiger partial charge in [0.1, 0.15) is 5.92 Å². The number of carbonyl (C=O) groups excluding carboxylic acids is 1. The lowest BCUT2D eigenvalue weighted by Crippen LogP contribution is -2.10. The highest BCUT2D eigenvalue weighted by atomic mass is 79.9. The molecule has 2 nitrogen and oxygen atoms in total. The number of thiophene rings is 1. The van der Waals surface area contributed by atoms with Crippen molar-refractivity contribution in [2.75, 3.05) is 0 Å². The minimum absolute atomic E-state index is 0.183. The van der Waals surface area contributed by atoms with Gasteiger partial charge >= 0.3 is 0 Å². The topological polar surface area (TPSA) is 40.9 Å². The van der Waals surface area contributed by atoms with Crippen LogP contribution >= 0.6 is 43.2 Å². The largest absolute Gasteiger partial charge is 0.292 e. The second-order valence-corrected chi connectivity index (χ2v) is 7.32. The van der Waals surface area contributed by atoms with Gasteiger partial charge in [-0.15, -0.1) is 11.3 Å². The van der Waals surface area contributed by atoms with Gasteiger partial charge in [-0.3, -0.25) is 4.79 Å². The van der Waals surface area contributed by atoms with Crippen molar-refractivity contribution in [1.29, 1.82) is 5.26 Å². The van der Waals surface area contributed by atoms with Crippen LogP contribution in [0, 0.1) is 11.3 Å². The molecule has 0 saturated carbocycles. The van der Waals surface area contributed by atoms with Crippen LogP contribution in [-0.4, -0.2) is 5.78 Å². The smallest absolute Gasteiger partial charge is 0.186 e. The standard InChI is InChI=1S/C13H7Br2NOS/c14-11-6-9(13(15)18-11)12(17)10(7-16)8-4-2-1-3-5-8/h1-6,10H. The van der Waals surface area contributed by atoms with Crippen molar-refractivity contribution in [2.24, 2.45) is 0 Å². The van der Waals surface area contributed by atoms with Gasteiger partial charge in [-0.2, -0.15) is 5.26 Å². The predicted octanol–water partition coefficient (Wildman–Crippen LogP) is 4.76. The first kappa shape index (κ1) is 13.5. The SMILES string of the molecule is N#CC(C(=O)c1cc(Br)sc1Br)c1ccccc1. The molecule has 1 aromatic carbocycles. The van der Waals surface area contributed by atoms with Gasteiger partial charge in [0, 0.05) is 5.56 Å². The lowest BCUT2D eigenvalue weighted by molar-refractivity contribution is 0.0978. The van der Waals surface area contributed by atoms with Crippen molar-refractivity contribution < 1.29 is 4.79 Å². The van der Waals surface area contributed by atoms with Crippen LogP contribution in [0.25, 0.3) is 0 Å². The summed E-state index contributed by atoms with van der Waals surface area (Å²) in [6, 6.07) is 12.9. The fourth-order valence-electron chi connectivity index (χ4n) is 1.59. The number of nitriles is 1. The normalized spacial score (nSPS) is 11.8. The summed E-state index contributed by atoms with van der Waals surface area (Å²) in [5.41, 5.74) is 1.27. The van der Waals surface area contributed by atoms with Crippen LogP contribution in [0.3, 0.4) is 0 Å². The predicted molar refractivity (Wildman–Crippen MR) is 78.8 cm³/mol. The van der Waals surface area contributed by atoms with Crippen molar-refractivity contribution in [2.45, 2.75) is 5.92 Å². The van der Waals surface area contributed by atoms with Gasteiger partial charge in [0.25, 0.3) is 0 Å². The third-order valence-corrected chi connectivity index (χ3v) is 4.79. The Labute approximate surface area is 126 Å². The molecule has 0 amide bonds. The van der Waals surface area contributed by atoms with Crippen molar-refractivity contribution >= 4 is 49.0 Å². The summed E-state index contributed by atoms with van der Waals surface area (Å²) in [6.45, 7) is 0. The van der Waals surface area contributed by atoms with E-state index in [1.807, 2.05) is 18.2 Å². The first-order valence-electron chi connectivity index (χ1n) is 5.07. The molecule has 1 atom stereocenters. The lowest BCUT2D eigenvalue weighted by atomic mass is 9.93. The highest BCUT2D eigenvalue weighted by Gasteiger charge is 2.24. The molecule has 18 heavy (non-hydrogen) atoms. The Hall–Kier alpha value is -0.960. The molecule has 0 aliphatic rings. The third-order valence-electron chi connectivity index (χ3n) is 2.45. The van der Waals surface area contributed by atoms with E-state index in [2.05, 4.69) is 37.9 Å². The molecule has 2 aromatic rings. The van der Waals surface area contributed by atoms with E-state index in [4.69, 9.17) is 0 Å². The Morgan fingerprint density at radius 3 is 2.44 bits per heavy atom. The summed E-state index contributed by atoms with van der Waals surface area (Å²) in [5.74, 6) is -0.943. The first-order chi connectivity index (χ1) is 8.63. The van der Waals surface area contributed by atoms with Crippen LogP contribution in [0.1, 0.15) is 21.8 Å². The van der Waals surface area contributed by atoms with E-state index in [0.29, 0.717) is 5.56 Å². The van der Waals surface area contributed by atoms with Gasteiger partial charge in [-0.1, -0.05) is 30.3 Å². The second kappa shape index (κ2) is 5.79. The highest BCUT2D eigenvalue weighted by Crippen LogP contribution is 2.34. The van der Waals surface area contributed by atoms with Gasteiger partial charge in [-0.05, 0) is 43.5 Å². The van der Waals surface area contributed by atoms with Crippen LogP contribution in [0.15, 0.2) is 44.0 Å². The van der Waals surface area contributed by atoms with Crippen LogP contribution in [0.2, 0.25) is 0 Å². The van der Waals surface area contributed by atoms with E-state index in [0.717, 1.165) is 13.1 Å². The molecule has 1 aromatic heterocycles. The van der Waals surface area contributed by atoms with Gasteiger partial charge < -0.3 is 0 Å². The number of benzene rings is 1. The molecular weight excluding hydrogens is 378 g/mol. The molecule has 5 heteroatoms. The minimum atomic E-state index is -0.760. The molecule has 90 valence electrons. The molecule has 0 radical (unpaired) electrons. The molecule has 2 rings (SSSR count). The van der Waals surface area contributed by atoms with E-state index in [9.17, 15) is 10.1 Å². The highest BCUT2D eigenvalue weighted by molar-refractivity contribution is 9.12. The Kier molecular flexibility index (Phi) is 4.33. The zero-order valence-corrected chi connectivity index (χ0v) is 13.0. The quantitative estimate of drug-likeness (QED) is 0.715. The van der Waals surface area contributed by atoms with Crippen molar-refractivity contribution in [3.8, 4) is 6.07 Å². The van der Waals surface area contributed by atoms with E-state index >= 15 is 0 Å². The number of ketones is 1. The zero-order chi connectivity index (χ0) is 13.1. The zero-order valence-electron chi connectivity index (χ0n) is 9.06. The van der Waals surface area contributed by atoms with Crippen LogP contribution in [-0.2, 0) is 0 Å². The average Bonchev–Trinajstić information content (AvgIpc) is 2.70. The van der Waals surface area contributed by atoms with Crippen LogP contribution < -0.4 is 0 Å². The minimum Gasteiger partial charge on any atom is -0.292 e. The van der Waals surface area contributed by atoms with E-state index in [1.165, 1.54) is 11.3 Å². The summed E-state index contributed by atoms with van der Waals surface area (Å²) < 4.78 is 1.61. The van der Waals surface area contributed by atoms with E-state index in [1.54, 1.807) is 18.2 Å². The monoisotopic (exact) mass is 383 g/mol. The molecule has 0 N–H and O–H groups in total. The molecule has 1 heterocycles. The third kappa shape index (κ3) is 2.72. The number of halogens is 2. The second-order valence-electron chi connectivity index (χ2n) is 3.57. The maximum absolute atomic E-state index is 12.3. The summed E-state index contributed by atoms with van der Waals surface area (Å²) in [5, 5.41) is 9.21. The van der Waals surface area contributed by atoms with Crippen molar-refractivity contribution in [1.82, 2.24) is 0 Å². The van der Waals surface area contributed by atoms with E-state index in [-0.39, 0.29) is 5.78 Å². The molecule has 1 unspecified atom stereocenters. The number of carbonyl (C=O) groups is 1. The summed E-state index contributed by atoms with van der Waals surface area (Å²) in [4.78, 5) is 12.3. The summed E-state index contributed by atoms with van der Waals surface area (Å²) >= 11 is 8.10. The first-order valence-corrected chi connectivity index (χ1v) is 7.47. The van der Waals surface area contributed by atoms with Gasteiger partial charge in [-0.25, -0.2) is 0 Å². The molecule has 0 aliphatic heterocycles. The molecule has 0 bridgehead atoms. The van der Waals surface area contributed by atoms with Gasteiger partial charge in [0.15, 0.2) is 5.78 Å². The number of rotatable bonds is 3. The van der Waals surface area contributed by atoms with Crippen LogP contribution in [0.5, 0.6) is 0 Å². The Morgan fingerprint density at radius 1 is 1.28 bits per heavy atom. The average molecular weight is 385 g/mol. The summed E-state index contributed by atoms with van der Waals surface area (Å²) in [6.07, 6.45) is 0. The fourth-order valence-corrected chi connectivity index (χ4v) is 4.41. The van der Waals surface area contributed by atoms with Gasteiger partial charge in [0.05, 0.1) is 13.6 Å². The number of nitrogens with zero attached hydrogens (tertiary/aromatic N) is 1. The molecular formula is C13H7Br2NOS. The maximum Gasteiger partial charge on any atom is 0.186 e. The van der Waals surface area contributed by atoms with Crippen molar-refractivity contribution in [3.63, 3.8) is 0 Å². The summed E-state index contributed by atoms with van der Waals surface area (Å²) in [7, 11) is 0. The number of Topliss-reactive ketones (excluding diaryl/α,β-unsaturated/α-hetero) is 1. The Balaban J connectivity index is 2.39. The number of hydrogen-bond acceptors (Lipinski definition) is 3. The lowest BCUT2D eigenvalue weighted by Gasteiger charge is -2.07. The van der Waals surface area contributed by atoms with Crippen molar-refractivity contribution in [3.05, 3.63) is 55.1 Å². The molecule has 0 saturated heterocycles. The van der Waals surface area contributed by atoms with Gasteiger partial charge in [0.2, 0.25) is 0 Å².